The van der Waals surface area contributed by atoms with Crippen LogP contribution in [-0.2, 0) is 20.7 Å². The Bertz CT molecular complexity index is 938. The minimum Gasteiger partial charge on any atom is -0.462 e. The second kappa shape index (κ2) is 9.84. The van der Waals surface area contributed by atoms with Crippen LogP contribution in [0.5, 0.6) is 0 Å². The second-order valence-corrected chi connectivity index (χ2v) is 8.72. The van der Waals surface area contributed by atoms with Crippen LogP contribution >= 0.6 is 0 Å². The summed E-state index contributed by atoms with van der Waals surface area (Å²) in [6, 6.07) is 17.7. The van der Waals surface area contributed by atoms with E-state index in [-0.39, 0.29) is 17.5 Å². The fourth-order valence-corrected chi connectivity index (χ4v) is 4.67. The highest BCUT2D eigenvalue weighted by molar-refractivity contribution is 5.99. The van der Waals surface area contributed by atoms with Crippen molar-refractivity contribution in [1.29, 1.82) is 0 Å². The van der Waals surface area contributed by atoms with Crippen LogP contribution in [0.4, 0.5) is 5.69 Å². The van der Waals surface area contributed by atoms with E-state index in [2.05, 4.69) is 29.2 Å². The molecule has 2 heterocycles. The lowest BCUT2D eigenvalue weighted by Gasteiger charge is -2.49. The zero-order valence-corrected chi connectivity index (χ0v) is 19.0. The number of carbonyl (C=O) groups is 2. The molecule has 6 nitrogen and oxygen atoms in total. The third kappa shape index (κ3) is 5.03. The summed E-state index contributed by atoms with van der Waals surface area (Å²) in [6.07, 6.45) is 2.29. The summed E-state index contributed by atoms with van der Waals surface area (Å²) < 4.78 is 11.4. The van der Waals surface area contributed by atoms with Crippen molar-refractivity contribution >= 4 is 17.6 Å². The van der Waals surface area contributed by atoms with Crippen LogP contribution in [0.3, 0.4) is 0 Å². The molecule has 2 aliphatic heterocycles. The second-order valence-electron chi connectivity index (χ2n) is 8.72. The molecule has 1 spiro atoms. The first-order chi connectivity index (χ1) is 15.5. The third-order valence-electron chi connectivity index (χ3n) is 6.48. The Labute approximate surface area is 190 Å². The lowest BCUT2D eigenvalue weighted by molar-refractivity contribution is -0.161. The Kier molecular flexibility index (Phi) is 6.92. The number of esters is 1. The molecule has 2 fully saturated rings. The SMILES string of the molecule is CCOC(=O)c1cccc(N2CC3(CCN(CCc4ccccc4)CC3)OC(C)C2=O)c1. The molecule has 2 aromatic carbocycles. The molecule has 170 valence electrons. The predicted molar refractivity (Wildman–Crippen MR) is 124 cm³/mol. The van der Waals surface area contributed by atoms with Crippen molar-refractivity contribution in [3.8, 4) is 0 Å². The van der Waals surface area contributed by atoms with Gasteiger partial charge in [0.1, 0.15) is 6.10 Å². The number of nitrogens with zero attached hydrogens (tertiary/aromatic N) is 2. The lowest BCUT2D eigenvalue weighted by atomic mass is 9.88. The van der Waals surface area contributed by atoms with E-state index in [0.29, 0.717) is 18.7 Å². The topological polar surface area (TPSA) is 59.1 Å². The van der Waals surface area contributed by atoms with Gasteiger partial charge in [0, 0.05) is 25.3 Å². The number of piperidine rings is 1. The number of hydrogen-bond donors (Lipinski definition) is 0. The van der Waals surface area contributed by atoms with E-state index in [0.717, 1.165) is 44.6 Å². The molecule has 1 unspecified atom stereocenters. The zero-order chi connectivity index (χ0) is 22.6. The average Bonchev–Trinajstić information content (AvgIpc) is 2.82. The Morgan fingerprint density at radius 1 is 1.12 bits per heavy atom. The highest BCUT2D eigenvalue weighted by Gasteiger charge is 2.45. The van der Waals surface area contributed by atoms with Crippen LogP contribution in [-0.4, -0.2) is 61.3 Å². The molecule has 6 heteroatoms. The molecule has 0 saturated carbocycles. The van der Waals surface area contributed by atoms with Crippen LogP contribution < -0.4 is 4.90 Å². The summed E-state index contributed by atoms with van der Waals surface area (Å²) in [7, 11) is 0. The largest absolute Gasteiger partial charge is 0.462 e. The fraction of sp³-hybridized carbons (Fsp3) is 0.462. The normalized spacial score (nSPS) is 21.0. The van der Waals surface area contributed by atoms with E-state index >= 15 is 0 Å². The number of ether oxygens (including phenoxy) is 2. The van der Waals surface area contributed by atoms with Gasteiger partial charge in [0.25, 0.3) is 5.91 Å². The van der Waals surface area contributed by atoms with Gasteiger partial charge in [0.05, 0.1) is 24.3 Å². The maximum atomic E-state index is 13.0. The number of likely N-dealkylation sites (tertiary alicyclic amines) is 1. The van der Waals surface area contributed by atoms with Crippen molar-refractivity contribution in [2.75, 3.05) is 37.7 Å². The maximum Gasteiger partial charge on any atom is 0.338 e. The number of hydrogen-bond acceptors (Lipinski definition) is 5. The molecule has 1 amide bonds. The fourth-order valence-electron chi connectivity index (χ4n) is 4.67. The minimum absolute atomic E-state index is 0.0665. The van der Waals surface area contributed by atoms with E-state index in [4.69, 9.17) is 9.47 Å². The van der Waals surface area contributed by atoms with Crippen LogP contribution in [0.25, 0.3) is 0 Å². The first-order valence-electron chi connectivity index (χ1n) is 11.5. The van der Waals surface area contributed by atoms with Gasteiger partial charge < -0.3 is 19.3 Å². The van der Waals surface area contributed by atoms with Crippen molar-refractivity contribution in [1.82, 2.24) is 4.90 Å². The highest BCUT2D eigenvalue weighted by atomic mass is 16.5. The first-order valence-corrected chi connectivity index (χ1v) is 11.5. The summed E-state index contributed by atoms with van der Waals surface area (Å²) >= 11 is 0. The summed E-state index contributed by atoms with van der Waals surface area (Å²) in [5.41, 5.74) is 2.19. The van der Waals surface area contributed by atoms with Crippen molar-refractivity contribution in [3.05, 3.63) is 65.7 Å². The van der Waals surface area contributed by atoms with E-state index < -0.39 is 6.10 Å². The quantitative estimate of drug-likeness (QED) is 0.647. The molecule has 0 radical (unpaired) electrons. The predicted octanol–water partition coefficient (Wildman–Crippen LogP) is 3.69. The molecule has 2 aliphatic rings. The maximum absolute atomic E-state index is 13.0. The molecule has 2 saturated heterocycles. The molecule has 0 bridgehead atoms. The molecule has 0 aromatic heterocycles. The van der Waals surface area contributed by atoms with Crippen LogP contribution in [0.2, 0.25) is 0 Å². The number of amides is 1. The number of morpholine rings is 1. The summed E-state index contributed by atoms with van der Waals surface area (Å²) in [4.78, 5) is 29.4. The molecule has 1 atom stereocenters. The summed E-state index contributed by atoms with van der Waals surface area (Å²) in [5.74, 6) is -0.437. The van der Waals surface area contributed by atoms with Gasteiger partial charge in [-0.05, 0) is 56.9 Å². The van der Waals surface area contributed by atoms with Crippen LogP contribution in [0.15, 0.2) is 54.6 Å². The standard InChI is InChI=1S/C26H32N2O4/c1-3-31-25(30)22-10-7-11-23(18-22)28-19-26(32-20(2)24(28)29)13-16-27(17-14-26)15-12-21-8-5-4-6-9-21/h4-11,18,20H,3,12-17,19H2,1-2H3. The van der Waals surface area contributed by atoms with Gasteiger partial charge in [-0.15, -0.1) is 0 Å². The van der Waals surface area contributed by atoms with Gasteiger partial charge in [0.15, 0.2) is 0 Å². The summed E-state index contributed by atoms with van der Waals surface area (Å²) in [6.45, 7) is 7.36. The van der Waals surface area contributed by atoms with E-state index in [9.17, 15) is 9.59 Å². The van der Waals surface area contributed by atoms with Crippen molar-refractivity contribution in [3.63, 3.8) is 0 Å². The smallest absolute Gasteiger partial charge is 0.338 e. The van der Waals surface area contributed by atoms with Crippen molar-refractivity contribution in [2.24, 2.45) is 0 Å². The monoisotopic (exact) mass is 436 g/mol. The van der Waals surface area contributed by atoms with Gasteiger partial charge >= 0.3 is 5.97 Å². The number of anilines is 1. The Hall–Kier alpha value is -2.70. The van der Waals surface area contributed by atoms with Gasteiger partial charge in [-0.25, -0.2) is 4.79 Å². The number of carbonyl (C=O) groups excluding carboxylic acids is 2. The molecule has 0 N–H and O–H groups in total. The van der Waals surface area contributed by atoms with E-state index in [1.165, 1.54) is 5.56 Å². The molecule has 4 rings (SSSR count). The molecule has 0 aliphatic carbocycles. The minimum atomic E-state index is -0.508. The average molecular weight is 437 g/mol. The number of rotatable bonds is 6. The van der Waals surface area contributed by atoms with Gasteiger partial charge in [-0.2, -0.15) is 0 Å². The Morgan fingerprint density at radius 3 is 2.59 bits per heavy atom. The highest BCUT2D eigenvalue weighted by Crippen LogP contribution is 2.35. The molecule has 32 heavy (non-hydrogen) atoms. The number of benzene rings is 2. The van der Waals surface area contributed by atoms with Crippen LogP contribution in [0, 0.1) is 0 Å². The zero-order valence-electron chi connectivity index (χ0n) is 19.0. The van der Waals surface area contributed by atoms with E-state index in [1.54, 1.807) is 30.0 Å². The van der Waals surface area contributed by atoms with Gasteiger partial charge in [0.2, 0.25) is 0 Å². The van der Waals surface area contributed by atoms with Crippen molar-refractivity contribution < 1.29 is 19.1 Å². The van der Waals surface area contributed by atoms with Crippen LogP contribution in [0.1, 0.15) is 42.6 Å². The van der Waals surface area contributed by atoms with Gasteiger partial charge in [-0.3, -0.25) is 4.79 Å². The Morgan fingerprint density at radius 2 is 1.88 bits per heavy atom. The van der Waals surface area contributed by atoms with Crippen molar-refractivity contribution in [2.45, 2.75) is 44.8 Å². The molecule has 2 aromatic rings. The molecular formula is C26H32N2O4. The molecular weight excluding hydrogens is 404 g/mol. The third-order valence-corrected chi connectivity index (χ3v) is 6.48. The summed E-state index contributed by atoms with van der Waals surface area (Å²) in [5, 5.41) is 0. The van der Waals surface area contributed by atoms with E-state index in [1.807, 2.05) is 19.1 Å². The lowest BCUT2D eigenvalue weighted by Crippen LogP contribution is -2.61. The Balaban J connectivity index is 1.42. The van der Waals surface area contributed by atoms with Gasteiger partial charge in [-0.1, -0.05) is 36.4 Å². The first kappa shape index (κ1) is 22.5.